The third-order valence-corrected chi connectivity index (χ3v) is 1.35. The van der Waals surface area contributed by atoms with Crippen LogP contribution in [0.25, 0.3) is 0 Å². The molecule has 3 nitrogen and oxygen atoms in total. The van der Waals surface area contributed by atoms with Crippen molar-refractivity contribution in [2.45, 2.75) is 38.8 Å². The molecular formula is C9H23N3. The van der Waals surface area contributed by atoms with E-state index in [0.29, 0.717) is 0 Å². The summed E-state index contributed by atoms with van der Waals surface area (Å²) in [6.07, 6.45) is 0. The first-order chi connectivity index (χ1) is 5.10. The number of hydrogen-bond acceptors (Lipinski definition) is 3. The standard InChI is InChI=1S/C9H23N3/c1-8(2,10)6-12(5)7-9(3,4)11/h6-7,10-11H2,1-5H3. The van der Waals surface area contributed by atoms with Gasteiger partial charge in [0.15, 0.2) is 0 Å². The van der Waals surface area contributed by atoms with E-state index < -0.39 is 0 Å². The summed E-state index contributed by atoms with van der Waals surface area (Å²) in [5.74, 6) is 0. The van der Waals surface area contributed by atoms with Crippen LogP contribution in [0.15, 0.2) is 0 Å². The summed E-state index contributed by atoms with van der Waals surface area (Å²) in [5.41, 5.74) is 11.5. The number of likely N-dealkylation sites (N-methyl/N-ethyl adjacent to an activating group) is 1. The first-order valence-corrected chi connectivity index (χ1v) is 4.36. The second-order valence-electron chi connectivity index (χ2n) is 5.15. The molecule has 0 radical (unpaired) electrons. The molecule has 0 amide bonds. The van der Waals surface area contributed by atoms with Crippen LogP contribution in [0.3, 0.4) is 0 Å². The third kappa shape index (κ3) is 7.98. The maximum Gasteiger partial charge on any atom is 0.0225 e. The molecule has 0 aromatic rings. The summed E-state index contributed by atoms with van der Waals surface area (Å²) in [6, 6.07) is 0. The summed E-state index contributed by atoms with van der Waals surface area (Å²) in [7, 11) is 2.04. The second-order valence-corrected chi connectivity index (χ2v) is 5.15. The van der Waals surface area contributed by atoms with Gasteiger partial charge in [0.05, 0.1) is 0 Å². The minimum atomic E-state index is -0.139. The molecule has 0 aliphatic carbocycles. The van der Waals surface area contributed by atoms with Crippen molar-refractivity contribution in [2.24, 2.45) is 11.5 Å². The average molecular weight is 173 g/mol. The zero-order valence-corrected chi connectivity index (χ0v) is 9.02. The monoisotopic (exact) mass is 173 g/mol. The molecule has 3 heteroatoms. The third-order valence-electron chi connectivity index (χ3n) is 1.35. The van der Waals surface area contributed by atoms with E-state index in [0.717, 1.165) is 13.1 Å². The van der Waals surface area contributed by atoms with Crippen LogP contribution in [0.4, 0.5) is 0 Å². The smallest absolute Gasteiger partial charge is 0.0225 e. The van der Waals surface area contributed by atoms with Crippen molar-refractivity contribution >= 4 is 0 Å². The molecule has 0 rings (SSSR count). The fourth-order valence-corrected chi connectivity index (χ4v) is 1.45. The fraction of sp³-hybridized carbons (Fsp3) is 1.00. The molecule has 0 unspecified atom stereocenters. The van der Waals surface area contributed by atoms with Gasteiger partial charge >= 0.3 is 0 Å². The zero-order chi connectivity index (χ0) is 9.99. The van der Waals surface area contributed by atoms with E-state index >= 15 is 0 Å². The van der Waals surface area contributed by atoms with E-state index in [2.05, 4.69) is 4.90 Å². The summed E-state index contributed by atoms with van der Waals surface area (Å²) in [6.45, 7) is 9.82. The average Bonchev–Trinajstić information content (AvgIpc) is 1.49. The van der Waals surface area contributed by atoms with Gasteiger partial charge in [0.2, 0.25) is 0 Å². The highest BCUT2D eigenvalue weighted by atomic mass is 15.1. The van der Waals surface area contributed by atoms with Gasteiger partial charge in [0, 0.05) is 24.2 Å². The van der Waals surface area contributed by atoms with Crippen LogP contribution in [-0.2, 0) is 0 Å². The molecule has 0 saturated heterocycles. The Hall–Kier alpha value is -0.120. The lowest BCUT2D eigenvalue weighted by Gasteiger charge is -2.31. The molecule has 0 saturated carbocycles. The maximum absolute atomic E-state index is 5.87. The first kappa shape index (κ1) is 11.9. The lowest BCUT2D eigenvalue weighted by atomic mass is 10.0. The van der Waals surface area contributed by atoms with Crippen LogP contribution in [0.1, 0.15) is 27.7 Å². The van der Waals surface area contributed by atoms with Gasteiger partial charge in [0.1, 0.15) is 0 Å². The summed E-state index contributed by atoms with van der Waals surface area (Å²) < 4.78 is 0. The van der Waals surface area contributed by atoms with Crippen molar-refractivity contribution in [1.29, 1.82) is 0 Å². The minimum absolute atomic E-state index is 0.139. The fourth-order valence-electron chi connectivity index (χ4n) is 1.45. The quantitative estimate of drug-likeness (QED) is 0.647. The lowest BCUT2D eigenvalue weighted by molar-refractivity contribution is 0.228. The van der Waals surface area contributed by atoms with Gasteiger partial charge in [-0.2, -0.15) is 0 Å². The molecule has 4 N–H and O–H groups in total. The topological polar surface area (TPSA) is 55.3 Å². The highest BCUT2D eigenvalue weighted by molar-refractivity contribution is 4.81. The van der Waals surface area contributed by atoms with Crippen molar-refractivity contribution in [3.63, 3.8) is 0 Å². The molecule has 12 heavy (non-hydrogen) atoms. The Morgan fingerprint density at radius 1 is 0.917 bits per heavy atom. The summed E-state index contributed by atoms with van der Waals surface area (Å²) in [4.78, 5) is 2.17. The number of nitrogens with two attached hydrogens (primary N) is 2. The van der Waals surface area contributed by atoms with Crippen LogP contribution in [0, 0.1) is 0 Å². The van der Waals surface area contributed by atoms with Gasteiger partial charge in [-0.3, -0.25) is 0 Å². The van der Waals surface area contributed by atoms with Crippen LogP contribution in [0.5, 0.6) is 0 Å². The van der Waals surface area contributed by atoms with Gasteiger partial charge in [-0.1, -0.05) is 0 Å². The largest absolute Gasteiger partial charge is 0.324 e. The Bertz CT molecular complexity index is 114. The second kappa shape index (κ2) is 3.73. The molecular weight excluding hydrogens is 150 g/mol. The molecule has 0 atom stereocenters. The van der Waals surface area contributed by atoms with E-state index in [1.54, 1.807) is 0 Å². The molecule has 0 fully saturated rings. The highest BCUT2D eigenvalue weighted by Gasteiger charge is 2.18. The van der Waals surface area contributed by atoms with Crippen LogP contribution in [-0.4, -0.2) is 36.1 Å². The van der Waals surface area contributed by atoms with Crippen LogP contribution < -0.4 is 11.5 Å². The molecule has 0 aromatic carbocycles. The Kier molecular flexibility index (Phi) is 3.69. The van der Waals surface area contributed by atoms with Crippen molar-refractivity contribution in [2.75, 3.05) is 20.1 Å². The minimum Gasteiger partial charge on any atom is -0.324 e. The summed E-state index contributed by atoms with van der Waals surface area (Å²) >= 11 is 0. The van der Waals surface area contributed by atoms with Gasteiger partial charge in [-0.05, 0) is 34.7 Å². The van der Waals surface area contributed by atoms with Gasteiger partial charge in [0.25, 0.3) is 0 Å². The van der Waals surface area contributed by atoms with Crippen LogP contribution in [0.2, 0.25) is 0 Å². The predicted octanol–water partition coefficient (Wildman–Crippen LogP) is 0.393. The van der Waals surface area contributed by atoms with Gasteiger partial charge in [-0.15, -0.1) is 0 Å². The number of hydrogen-bond donors (Lipinski definition) is 2. The van der Waals surface area contributed by atoms with Gasteiger partial charge in [-0.25, -0.2) is 0 Å². The number of rotatable bonds is 4. The molecule has 0 heterocycles. The molecule has 0 aliphatic heterocycles. The zero-order valence-electron chi connectivity index (χ0n) is 9.02. The molecule has 0 spiro atoms. The van der Waals surface area contributed by atoms with Crippen molar-refractivity contribution in [3.8, 4) is 0 Å². The lowest BCUT2D eigenvalue weighted by Crippen LogP contribution is -2.50. The highest BCUT2D eigenvalue weighted by Crippen LogP contribution is 2.04. The van der Waals surface area contributed by atoms with E-state index in [1.165, 1.54) is 0 Å². The van der Waals surface area contributed by atoms with Crippen molar-refractivity contribution < 1.29 is 0 Å². The van der Waals surface area contributed by atoms with E-state index in [9.17, 15) is 0 Å². The van der Waals surface area contributed by atoms with Crippen molar-refractivity contribution in [1.82, 2.24) is 4.90 Å². The van der Waals surface area contributed by atoms with E-state index in [4.69, 9.17) is 11.5 Å². The Morgan fingerprint density at radius 3 is 1.33 bits per heavy atom. The molecule has 74 valence electrons. The normalized spacial score (nSPS) is 14.0. The Morgan fingerprint density at radius 2 is 1.17 bits per heavy atom. The molecule has 0 bridgehead atoms. The molecule has 0 aromatic heterocycles. The number of nitrogens with zero attached hydrogens (tertiary/aromatic N) is 1. The predicted molar refractivity (Wildman–Crippen MR) is 54.0 cm³/mol. The molecule has 0 aliphatic rings. The SMILES string of the molecule is CN(CC(C)(C)N)CC(C)(C)N. The Labute approximate surface area is 76.1 Å². The van der Waals surface area contributed by atoms with E-state index in [-0.39, 0.29) is 11.1 Å². The maximum atomic E-state index is 5.87. The van der Waals surface area contributed by atoms with Gasteiger partial charge < -0.3 is 16.4 Å². The van der Waals surface area contributed by atoms with Crippen molar-refractivity contribution in [3.05, 3.63) is 0 Å². The Balaban J connectivity index is 3.83. The summed E-state index contributed by atoms with van der Waals surface area (Å²) in [5, 5.41) is 0. The van der Waals surface area contributed by atoms with Crippen LogP contribution >= 0.6 is 0 Å². The first-order valence-electron chi connectivity index (χ1n) is 4.36. The van der Waals surface area contributed by atoms with E-state index in [1.807, 2.05) is 34.7 Å².